The number of carbonyl (C=O) groups excluding carboxylic acids is 1. The third-order valence-electron chi connectivity index (χ3n) is 4.13. The van der Waals surface area contributed by atoms with Crippen LogP contribution in [0.2, 0.25) is 5.02 Å². The van der Waals surface area contributed by atoms with Crippen molar-refractivity contribution < 1.29 is 9.53 Å². The number of aromatic amines is 1. The zero-order valence-corrected chi connectivity index (χ0v) is 14.9. The molecule has 25 heavy (non-hydrogen) atoms. The number of H-pyrrole nitrogens is 1. The number of esters is 1. The molecular weight excluding hydrogens is 340 g/mol. The molecule has 0 radical (unpaired) electrons. The van der Waals surface area contributed by atoms with Gasteiger partial charge in [0.25, 0.3) is 5.56 Å². The second kappa shape index (κ2) is 6.69. The fourth-order valence-electron chi connectivity index (χ4n) is 3.06. The number of hydrogen-bond acceptors (Lipinski definition) is 4. The Hall–Kier alpha value is -2.66. The Morgan fingerprint density at radius 1 is 1.28 bits per heavy atom. The smallest absolute Gasteiger partial charge is 0.338 e. The maximum atomic E-state index is 12.4. The normalized spacial score (nSPS) is 10.9. The summed E-state index contributed by atoms with van der Waals surface area (Å²) in [5.74, 6) is -0.435. The molecule has 3 rings (SSSR count). The average Bonchev–Trinajstić information content (AvgIpc) is 2.56. The number of fused-ring (bicyclic) bond motifs is 1. The van der Waals surface area contributed by atoms with Crippen molar-refractivity contribution >= 4 is 28.3 Å². The summed E-state index contributed by atoms with van der Waals surface area (Å²) in [6.45, 7) is 5.58. The molecule has 3 aromatic rings. The van der Waals surface area contributed by atoms with Crippen molar-refractivity contribution in [2.45, 2.75) is 20.8 Å². The molecule has 0 aliphatic rings. The number of aryl methyl sites for hydroxylation is 2. The molecule has 0 fully saturated rings. The lowest BCUT2D eigenvalue weighted by atomic mass is 9.94. The number of nitrogens with zero attached hydrogens (tertiary/aromatic N) is 1. The highest BCUT2D eigenvalue weighted by Gasteiger charge is 2.20. The summed E-state index contributed by atoms with van der Waals surface area (Å²) in [6.07, 6.45) is 0. The number of carbonyl (C=O) groups is 1. The van der Waals surface area contributed by atoms with E-state index >= 15 is 0 Å². The summed E-state index contributed by atoms with van der Waals surface area (Å²) in [6, 6.07) is 9.08. The minimum Gasteiger partial charge on any atom is -0.462 e. The van der Waals surface area contributed by atoms with E-state index in [-0.39, 0.29) is 12.2 Å². The molecule has 0 saturated heterocycles. The predicted octanol–water partition coefficient (Wildman–Crippen LogP) is 4.04. The Morgan fingerprint density at radius 3 is 2.68 bits per heavy atom. The first kappa shape index (κ1) is 17.2. The predicted molar refractivity (Wildman–Crippen MR) is 98.2 cm³/mol. The van der Waals surface area contributed by atoms with Gasteiger partial charge in [0.15, 0.2) is 0 Å². The zero-order chi connectivity index (χ0) is 18.1. The van der Waals surface area contributed by atoms with Crippen LogP contribution in [0.25, 0.3) is 22.0 Å². The number of nitrogens with one attached hydrogen (secondary N) is 1. The summed E-state index contributed by atoms with van der Waals surface area (Å²) < 4.78 is 5.12. The summed E-state index contributed by atoms with van der Waals surface area (Å²) in [7, 11) is 0. The zero-order valence-electron chi connectivity index (χ0n) is 14.1. The molecule has 0 unspecified atom stereocenters. The molecule has 0 spiro atoms. The Balaban J connectivity index is 2.39. The van der Waals surface area contributed by atoms with Crippen LogP contribution in [-0.4, -0.2) is 22.8 Å². The van der Waals surface area contributed by atoms with E-state index in [0.717, 1.165) is 5.56 Å². The van der Waals surface area contributed by atoms with Gasteiger partial charge in [-0.3, -0.25) is 4.79 Å². The molecule has 0 aliphatic heterocycles. The van der Waals surface area contributed by atoms with Crippen LogP contribution in [0.5, 0.6) is 0 Å². The van der Waals surface area contributed by atoms with Gasteiger partial charge in [0, 0.05) is 10.9 Å². The number of rotatable bonds is 3. The summed E-state index contributed by atoms with van der Waals surface area (Å²) >= 11 is 6.30. The highest BCUT2D eigenvalue weighted by molar-refractivity contribution is 6.33. The van der Waals surface area contributed by atoms with Crippen LogP contribution in [-0.2, 0) is 4.74 Å². The maximum Gasteiger partial charge on any atom is 0.338 e. The van der Waals surface area contributed by atoms with Gasteiger partial charge >= 0.3 is 5.97 Å². The van der Waals surface area contributed by atoms with Crippen LogP contribution in [0, 0.1) is 13.8 Å². The lowest BCUT2D eigenvalue weighted by molar-refractivity contribution is 0.0525. The lowest BCUT2D eigenvalue weighted by Gasteiger charge is -2.14. The van der Waals surface area contributed by atoms with Crippen molar-refractivity contribution in [3.05, 3.63) is 62.4 Å². The standard InChI is InChI=1S/C19H17ClN2O3/c1-4-25-19(24)15-10(2)9-13-16(11(15)3)18(23)22-21-17(13)12-7-5-6-8-14(12)20/h5-9H,4H2,1-3H3,(H,22,23). The number of halogens is 1. The molecular formula is C19H17ClN2O3. The molecule has 6 heteroatoms. The van der Waals surface area contributed by atoms with E-state index in [1.165, 1.54) is 0 Å². The van der Waals surface area contributed by atoms with Gasteiger partial charge in [-0.25, -0.2) is 9.89 Å². The fourth-order valence-corrected chi connectivity index (χ4v) is 3.29. The maximum absolute atomic E-state index is 12.4. The first-order valence-electron chi connectivity index (χ1n) is 7.90. The Morgan fingerprint density at radius 2 is 2.00 bits per heavy atom. The van der Waals surface area contributed by atoms with Gasteiger partial charge in [0.2, 0.25) is 0 Å². The second-order valence-electron chi connectivity index (χ2n) is 5.72. The van der Waals surface area contributed by atoms with E-state index < -0.39 is 5.97 Å². The Bertz CT molecular complexity index is 1040. The van der Waals surface area contributed by atoms with Crippen LogP contribution in [0.4, 0.5) is 0 Å². The van der Waals surface area contributed by atoms with Crippen molar-refractivity contribution in [3.63, 3.8) is 0 Å². The molecule has 1 N–H and O–H groups in total. The average molecular weight is 357 g/mol. The summed E-state index contributed by atoms with van der Waals surface area (Å²) in [4.78, 5) is 24.7. The van der Waals surface area contributed by atoms with E-state index in [4.69, 9.17) is 16.3 Å². The minimum atomic E-state index is -0.435. The Labute approximate surface area is 149 Å². The largest absolute Gasteiger partial charge is 0.462 e. The third-order valence-corrected chi connectivity index (χ3v) is 4.46. The van der Waals surface area contributed by atoms with Crippen molar-refractivity contribution in [2.75, 3.05) is 6.61 Å². The molecule has 0 atom stereocenters. The number of ether oxygens (including phenoxy) is 1. The Kier molecular flexibility index (Phi) is 4.59. The van der Waals surface area contributed by atoms with E-state index in [1.54, 1.807) is 26.0 Å². The van der Waals surface area contributed by atoms with Gasteiger partial charge in [-0.2, -0.15) is 5.10 Å². The van der Waals surface area contributed by atoms with Crippen molar-refractivity contribution in [2.24, 2.45) is 0 Å². The molecule has 0 bridgehead atoms. The van der Waals surface area contributed by atoms with Crippen molar-refractivity contribution in [3.8, 4) is 11.3 Å². The molecule has 0 amide bonds. The van der Waals surface area contributed by atoms with Gasteiger partial charge < -0.3 is 4.74 Å². The van der Waals surface area contributed by atoms with Crippen LogP contribution < -0.4 is 5.56 Å². The van der Waals surface area contributed by atoms with Gasteiger partial charge in [-0.05, 0) is 44.0 Å². The summed E-state index contributed by atoms with van der Waals surface area (Å²) in [5.41, 5.74) is 2.65. The first-order valence-corrected chi connectivity index (χ1v) is 8.28. The molecule has 1 aromatic heterocycles. The monoisotopic (exact) mass is 356 g/mol. The van der Waals surface area contributed by atoms with Crippen molar-refractivity contribution in [1.82, 2.24) is 10.2 Å². The van der Waals surface area contributed by atoms with Gasteiger partial charge in [0.05, 0.1) is 22.6 Å². The molecule has 0 saturated carbocycles. The number of hydrogen-bond donors (Lipinski definition) is 1. The van der Waals surface area contributed by atoms with Gasteiger partial charge in [0.1, 0.15) is 5.69 Å². The van der Waals surface area contributed by atoms with Gasteiger partial charge in [-0.1, -0.05) is 29.8 Å². The quantitative estimate of drug-likeness (QED) is 0.719. The van der Waals surface area contributed by atoms with Gasteiger partial charge in [-0.15, -0.1) is 0 Å². The van der Waals surface area contributed by atoms with E-state index in [0.29, 0.717) is 38.2 Å². The molecule has 0 aliphatic carbocycles. The third kappa shape index (κ3) is 2.91. The lowest BCUT2D eigenvalue weighted by Crippen LogP contribution is -2.15. The first-order chi connectivity index (χ1) is 12.0. The second-order valence-corrected chi connectivity index (χ2v) is 6.12. The highest BCUT2D eigenvalue weighted by atomic mass is 35.5. The number of benzene rings is 2. The van der Waals surface area contributed by atoms with Crippen LogP contribution >= 0.6 is 11.6 Å². The summed E-state index contributed by atoms with van der Waals surface area (Å²) in [5, 5.41) is 8.31. The number of aromatic nitrogens is 2. The van der Waals surface area contributed by atoms with Crippen LogP contribution in [0.1, 0.15) is 28.4 Å². The van der Waals surface area contributed by atoms with Crippen LogP contribution in [0.15, 0.2) is 35.1 Å². The molecule has 2 aromatic carbocycles. The highest BCUT2D eigenvalue weighted by Crippen LogP contribution is 2.33. The minimum absolute atomic E-state index is 0.271. The van der Waals surface area contributed by atoms with E-state index in [9.17, 15) is 9.59 Å². The topological polar surface area (TPSA) is 72.0 Å². The van der Waals surface area contributed by atoms with E-state index in [1.807, 2.05) is 25.1 Å². The molecule has 1 heterocycles. The SMILES string of the molecule is CCOC(=O)c1c(C)cc2c(-c3ccccc3Cl)n[nH]c(=O)c2c1C. The van der Waals surface area contributed by atoms with Crippen LogP contribution in [0.3, 0.4) is 0 Å². The van der Waals surface area contributed by atoms with E-state index in [2.05, 4.69) is 10.2 Å². The fraction of sp³-hybridized carbons (Fsp3) is 0.211. The molecule has 5 nitrogen and oxygen atoms in total. The van der Waals surface area contributed by atoms with Crippen molar-refractivity contribution in [1.29, 1.82) is 0 Å². The molecule has 128 valence electrons.